The van der Waals surface area contributed by atoms with Gasteiger partial charge in [0.05, 0.1) is 27.8 Å². The molecule has 1 saturated heterocycles. The number of fused-ring (bicyclic) bond motifs is 1. The Balaban J connectivity index is 1.37. The van der Waals surface area contributed by atoms with Gasteiger partial charge >= 0.3 is 0 Å². The highest BCUT2D eigenvalue weighted by atomic mass is 32.1. The normalized spacial score (nSPS) is 23.0. The number of carbonyl (C=O) groups excluding carboxylic acids is 1. The summed E-state index contributed by atoms with van der Waals surface area (Å²) in [6, 6.07) is 2.23. The number of carbonyl (C=O) groups is 1. The van der Waals surface area contributed by atoms with Crippen LogP contribution in [-0.2, 0) is 22.5 Å². The highest BCUT2D eigenvalue weighted by Crippen LogP contribution is 2.35. The molecule has 1 amide bonds. The van der Waals surface area contributed by atoms with Gasteiger partial charge in [0.2, 0.25) is 5.91 Å². The molecule has 0 unspecified atom stereocenters. The van der Waals surface area contributed by atoms with Gasteiger partial charge in [0.1, 0.15) is 0 Å². The Hall–Kier alpha value is -1.24. The molecule has 25 heavy (non-hydrogen) atoms. The Morgan fingerprint density at radius 1 is 1.44 bits per heavy atom. The Labute approximate surface area is 156 Å². The van der Waals surface area contributed by atoms with Crippen LogP contribution >= 0.6 is 22.7 Å². The van der Waals surface area contributed by atoms with Crippen molar-refractivity contribution in [1.29, 1.82) is 0 Å². The maximum absolute atomic E-state index is 12.6. The van der Waals surface area contributed by atoms with Crippen LogP contribution in [0.2, 0.25) is 0 Å². The first-order valence-electron chi connectivity index (χ1n) is 9.06. The molecule has 0 aromatic carbocycles. The molecule has 4 heterocycles. The topological polar surface area (TPSA) is 42.4 Å². The molecule has 2 aliphatic heterocycles. The van der Waals surface area contributed by atoms with Crippen molar-refractivity contribution in [3.63, 3.8) is 0 Å². The zero-order chi connectivity index (χ0) is 17.4. The van der Waals surface area contributed by atoms with Gasteiger partial charge in [-0.25, -0.2) is 4.98 Å². The van der Waals surface area contributed by atoms with Gasteiger partial charge in [0, 0.05) is 29.8 Å². The highest BCUT2D eigenvalue weighted by Gasteiger charge is 2.26. The van der Waals surface area contributed by atoms with Crippen LogP contribution in [-0.4, -0.2) is 34.5 Å². The lowest BCUT2D eigenvalue weighted by Gasteiger charge is -2.27. The van der Waals surface area contributed by atoms with E-state index in [0.717, 1.165) is 49.5 Å². The van der Waals surface area contributed by atoms with Crippen molar-refractivity contribution in [2.45, 2.75) is 64.7 Å². The first-order chi connectivity index (χ1) is 12.1. The molecule has 6 heteroatoms. The molecule has 134 valence electrons. The average Bonchev–Trinajstić information content (AvgIpc) is 3.31. The van der Waals surface area contributed by atoms with Gasteiger partial charge in [0.25, 0.3) is 0 Å². The van der Waals surface area contributed by atoms with E-state index in [4.69, 9.17) is 4.74 Å². The molecule has 0 spiro atoms. The number of thiophene rings is 1. The maximum Gasteiger partial charge on any atom is 0.222 e. The molecule has 2 aliphatic rings. The number of ether oxygens (including phenoxy) is 1. The number of nitrogens with zero attached hydrogens (tertiary/aromatic N) is 2. The smallest absolute Gasteiger partial charge is 0.222 e. The third kappa shape index (κ3) is 3.81. The summed E-state index contributed by atoms with van der Waals surface area (Å²) >= 11 is 3.52. The lowest BCUT2D eigenvalue weighted by molar-refractivity contribution is -0.132. The number of amides is 1. The fraction of sp³-hybridized carbons (Fsp3) is 0.579. The van der Waals surface area contributed by atoms with Crippen molar-refractivity contribution in [3.8, 4) is 10.6 Å². The minimum Gasteiger partial charge on any atom is -0.375 e. The van der Waals surface area contributed by atoms with E-state index in [0.29, 0.717) is 12.5 Å². The van der Waals surface area contributed by atoms with E-state index in [9.17, 15) is 4.79 Å². The molecule has 0 aliphatic carbocycles. The van der Waals surface area contributed by atoms with Crippen LogP contribution in [0.3, 0.4) is 0 Å². The van der Waals surface area contributed by atoms with E-state index >= 15 is 0 Å². The van der Waals surface area contributed by atoms with Crippen LogP contribution in [0.25, 0.3) is 10.6 Å². The molecule has 2 aromatic heterocycles. The average molecular weight is 377 g/mol. The summed E-state index contributed by atoms with van der Waals surface area (Å²) in [5.41, 5.74) is 2.38. The number of aryl methyl sites for hydroxylation is 1. The second-order valence-corrected chi connectivity index (χ2v) is 9.26. The van der Waals surface area contributed by atoms with Crippen molar-refractivity contribution in [1.82, 2.24) is 9.88 Å². The third-order valence-corrected chi connectivity index (χ3v) is 7.12. The molecule has 4 nitrogen and oxygen atoms in total. The molecule has 0 bridgehead atoms. The second-order valence-electron chi connectivity index (χ2n) is 7.06. The number of hydrogen-bond acceptors (Lipinski definition) is 5. The van der Waals surface area contributed by atoms with Crippen LogP contribution in [0, 0.1) is 6.92 Å². The predicted molar refractivity (Wildman–Crippen MR) is 102 cm³/mol. The molecule has 0 N–H and O–H groups in total. The first-order valence-corrected chi connectivity index (χ1v) is 10.8. The standard InChI is InChI=1S/C19H24N2O2S2/c1-12-3-4-15(23-12)5-6-19(22)21-8-7-17-14(10-21)9-18(25-17)16-11-24-13(2)20-16/h9,11-12,15H,3-8,10H2,1-2H3/t12-,15-/m0/s1. The largest absolute Gasteiger partial charge is 0.375 e. The second kappa shape index (κ2) is 7.17. The fourth-order valence-corrected chi connectivity index (χ4v) is 5.50. The van der Waals surface area contributed by atoms with Gasteiger partial charge < -0.3 is 9.64 Å². The Kier molecular flexibility index (Phi) is 4.93. The van der Waals surface area contributed by atoms with Gasteiger partial charge in [-0.2, -0.15) is 0 Å². The van der Waals surface area contributed by atoms with E-state index < -0.39 is 0 Å². The highest BCUT2D eigenvalue weighted by molar-refractivity contribution is 7.16. The Bertz CT molecular complexity index is 767. The Morgan fingerprint density at radius 3 is 3.04 bits per heavy atom. The summed E-state index contributed by atoms with van der Waals surface area (Å²) in [6.45, 7) is 5.74. The maximum atomic E-state index is 12.6. The Morgan fingerprint density at radius 2 is 2.32 bits per heavy atom. The summed E-state index contributed by atoms with van der Waals surface area (Å²) < 4.78 is 5.83. The molecule has 4 rings (SSSR count). The van der Waals surface area contributed by atoms with Crippen LogP contribution in [0.15, 0.2) is 11.4 Å². The minimum atomic E-state index is 0.269. The molecule has 1 fully saturated rings. The lowest BCUT2D eigenvalue weighted by Crippen LogP contribution is -2.35. The van der Waals surface area contributed by atoms with E-state index in [-0.39, 0.29) is 12.0 Å². The van der Waals surface area contributed by atoms with Crippen molar-refractivity contribution >= 4 is 28.6 Å². The quantitative estimate of drug-likeness (QED) is 0.794. The minimum absolute atomic E-state index is 0.269. The van der Waals surface area contributed by atoms with Crippen LogP contribution in [0.1, 0.15) is 48.1 Å². The van der Waals surface area contributed by atoms with Crippen molar-refractivity contribution in [2.75, 3.05) is 6.54 Å². The molecular formula is C19H24N2O2S2. The van der Waals surface area contributed by atoms with Crippen molar-refractivity contribution in [2.24, 2.45) is 0 Å². The first kappa shape index (κ1) is 17.2. The van der Waals surface area contributed by atoms with Crippen LogP contribution < -0.4 is 0 Å². The predicted octanol–water partition coefficient (Wildman–Crippen LogP) is 4.41. The fourth-order valence-electron chi connectivity index (χ4n) is 3.69. The molecule has 2 aromatic rings. The van der Waals surface area contributed by atoms with Crippen molar-refractivity contribution in [3.05, 3.63) is 26.9 Å². The van der Waals surface area contributed by atoms with Gasteiger partial charge in [-0.05, 0) is 51.2 Å². The number of thiazole rings is 1. The SMILES string of the molecule is Cc1nc(-c2cc3c(s2)CCN(C(=O)CC[C@@H]2CC[C@H](C)O2)C3)cs1. The number of hydrogen-bond donors (Lipinski definition) is 0. The van der Waals surface area contributed by atoms with Crippen molar-refractivity contribution < 1.29 is 9.53 Å². The summed E-state index contributed by atoms with van der Waals surface area (Å²) in [4.78, 5) is 21.8. The lowest BCUT2D eigenvalue weighted by atomic mass is 10.1. The summed E-state index contributed by atoms with van der Waals surface area (Å²) in [6.07, 6.45) is 5.29. The summed E-state index contributed by atoms with van der Waals surface area (Å²) in [5, 5.41) is 3.22. The molecule has 2 atom stereocenters. The molecule has 0 saturated carbocycles. The summed E-state index contributed by atoms with van der Waals surface area (Å²) in [7, 11) is 0. The monoisotopic (exact) mass is 376 g/mol. The van der Waals surface area contributed by atoms with Crippen LogP contribution in [0.4, 0.5) is 0 Å². The van der Waals surface area contributed by atoms with Gasteiger partial charge in [-0.15, -0.1) is 22.7 Å². The van der Waals surface area contributed by atoms with E-state index in [1.165, 1.54) is 15.3 Å². The van der Waals surface area contributed by atoms with E-state index in [2.05, 4.69) is 23.4 Å². The zero-order valence-corrected chi connectivity index (χ0v) is 16.4. The van der Waals surface area contributed by atoms with Crippen LogP contribution in [0.5, 0.6) is 0 Å². The zero-order valence-electron chi connectivity index (χ0n) is 14.8. The third-order valence-electron chi connectivity index (χ3n) is 5.09. The molecular weight excluding hydrogens is 352 g/mol. The summed E-state index contributed by atoms with van der Waals surface area (Å²) in [5.74, 6) is 0.269. The van der Waals surface area contributed by atoms with Gasteiger partial charge in [-0.3, -0.25) is 4.79 Å². The number of rotatable bonds is 4. The molecule has 0 radical (unpaired) electrons. The van der Waals surface area contributed by atoms with E-state index in [1.807, 2.05) is 23.2 Å². The van der Waals surface area contributed by atoms with Gasteiger partial charge in [0.15, 0.2) is 0 Å². The van der Waals surface area contributed by atoms with Gasteiger partial charge in [-0.1, -0.05) is 0 Å². The van der Waals surface area contributed by atoms with E-state index in [1.54, 1.807) is 11.3 Å². The number of aromatic nitrogens is 1.